The highest BCUT2D eigenvalue weighted by atomic mass is 15.1. The second-order valence-corrected chi connectivity index (χ2v) is 25.3. The molecule has 3 aliphatic carbocycles. The minimum Gasteiger partial charge on any atom is -0.310 e. The van der Waals surface area contributed by atoms with Crippen molar-refractivity contribution in [2.75, 3.05) is 9.80 Å². The first-order chi connectivity index (χ1) is 38.8. The van der Waals surface area contributed by atoms with Gasteiger partial charge in [-0.2, -0.15) is 0 Å². The molecule has 0 saturated heterocycles. The summed E-state index contributed by atoms with van der Waals surface area (Å²) in [5.41, 5.74) is 35.1. The first kappa shape index (κ1) is 51.7. The standard InChI is InChI=1S/C79H72N2/c1-49-15-13-17-59(37-49)80(63-39-51(3)35-52(4)40-63)61-27-33-69-67-31-25-57(45-73(67)78(9,10)75(69)47-61)21-19-55-23-29-65-66-30-24-56(44-72(66)77(7,8)71(65)43-55)20-22-58-26-32-68-70-34-28-62(48-76(70)79(11,12)74(68)46-58)81(60-18-14-16-50(2)38-60)64-41-53(5)36-54(6)42-64/h13-48H,1-12H3/b21-19+,22-20+. The van der Waals surface area contributed by atoms with Crippen molar-refractivity contribution in [3.8, 4) is 33.4 Å². The smallest absolute Gasteiger partial charge is 0.0466 e. The van der Waals surface area contributed by atoms with E-state index >= 15 is 0 Å². The Labute approximate surface area is 481 Å². The Hall–Kier alpha value is -8.72. The molecule has 13 rings (SSSR count). The van der Waals surface area contributed by atoms with Crippen LogP contribution in [0.4, 0.5) is 34.1 Å². The zero-order valence-electron chi connectivity index (χ0n) is 49.2. The third kappa shape index (κ3) is 8.97. The first-order valence-corrected chi connectivity index (χ1v) is 28.9. The van der Waals surface area contributed by atoms with E-state index in [-0.39, 0.29) is 16.2 Å². The van der Waals surface area contributed by atoms with Crippen LogP contribution >= 0.6 is 0 Å². The summed E-state index contributed by atoms with van der Waals surface area (Å²) >= 11 is 0. The predicted octanol–water partition coefficient (Wildman–Crippen LogP) is 21.7. The van der Waals surface area contributed by atoms with Gasteiger partial charge in [-0.25, -0.2) is 0 Å². The molecule has 2 heteroatoms. The van der Waals surface area contributed by atoms with Crippen LogP contribution in [0.1, 0.15) is 131 Å². The zero-order valence-corrected chi connectivity index (χ0v) is 49.2. The molecule has 3 aliphatic rings. The summed E-state index contributed by atoms with van der Waals surface area (Å²) in [6, 6.07) is 73.8. The minimum absolute atomic E-state index is 0.150. The van der Waals surface area contributed by atoms with E-state index in [9.17, 15) is 0 Å². The van der Waals surface area contributed by atoms with Gasteiger partial charge in [-0.1, -0.05) is 187 Å². The van der Waals surface area contributed by atoms with Crippen LogP contribution in [-0.4, -0.2) is 0 Å². The molecule has 0 fully saturated rings. The third-order valence-electron chi connectivity index (χ3n) is 18.0. The first-order valence-electron chi connectivity index (χ1n) is 28.9. The van der Waals surface area contributed by atoms with E-state index < -0.39 is 0 Å². The van der Waals surface area contributed by atoms with Crippen LogP contribution in [0.5, 0.6) is 0 Å². The van der Waals surface area contributed by atoms with Gasteiger partial charge in [0.05, 0.1) is 0 Å². The molecule has 0 N–H and O–H groups in total. The molecule has 10 aromatic carbocycles. The van der Waals surface area contributed by atoms with Gasteiger partial charge in [0.2, 0.25) is 0 Å². The molecule has 0 atom stereocenters. The molecule has 2 nitrogen and oxygen atoms in total. The second-order valence-electron chi connectivity index (χ2n) is 25.3. The Kier molecular flexibility index (Phi) is 12.3. The Balaban J connectivity index is 0.734. The van der Waals surface area contributed by atoms with Gasteiger partial charge in [0.1, 0.15) is 0 Å². The van der Waals surface area contributed by atoms with Crippen molar-refractivity contribution in [3.05, 3.63) is 283 Å². The Morgan fingerprint density at radius 1 is 0.235 bits per heavy atom. The highest BCUT2D eigenvalue weighted by molar-refractivity contribution is 5.90. The maximum Gasteiger partial charge on any atom is 0.0466 e. The zero-order chi connectivity index (χ0) is 56.3. The Morgan fingerprint density at radius 3 is 0.765 bits per heavy atom. The third-order valence-corrected chi connectivity index (χ3v) is 18.0. The van der Waals surface area contributed by atoms with Crippen molar-refractivity contribution in [1.29, 1.82) is 0 Å². The van der Waals surface area contributed by atoms with Crippen LogP contribution in [0.2, 0.25) is 0 Å². The number of benzene rings is 10. The van der Waals surface area contributed by atoms with E-state index in [1.165, 1.54) is 157 Å². The molecular formula is C79H72N2. The van der Waals surface area contributed by atoms with Gasteiger partial charge in [0.25, 0.3) is 0 Å². The van der Waals surface area contributed by atoms with Crippen LogP contribution in [0, 0.1) is 41.5 Å². The number of anilines is 6. The topological polar surface area (TPSA) is 6.48 Å². The number of hydrogen-bond acceptors (Lipinski definition) is 2. The van der Waals surface area contributed by atoms with Crippen molar-refractivity contribution < 1.29 is 0 Å². The average molecular weight is 1050 g/mol. The molecule has 0 spiro atoms. The monoisotopic (exact) mass is 1050 g/mol. The highest BCUT2D eigenvalue weighted by Crippen LogP contribution is 2.54. The van der Waals surface area contributed by atoms with Gasteiger partial charge in [-0.15, -0.1) is 0 Å². The number of fused-ring (bicyclic) bond motifs is 9. The summed E-state index contributed by atoms with van der Waals surface area (Å²) in [5, 5.41) is 0. The summed E-state index contributed by atoms with van der Waals surface area (Å²) in [6.45, 7) is 27.4. The average Bonchev–Trinajstić information content (AvgIpc) is 4.09. The molecule has 0 bridgehead atoms. The van der Waals surface area contributed by atoms with E-state index in [0.717, 1.165) is 0 Å². The van der Waals surface area contributed by atoms with E-state index in [1.807, 2.05) is 0 Å². The van der Waals surface area contributed by atoms with Crippen LogP contribution < -0.4 is 9.80 Å². The number of nitrogens with zero attached hydrogens (tertiary/aromatic N) is 2. The van der Waals surface area contributed by atoms with Crippen molar-refractivity contribution in [2.45, 2.75) is 99.3 Å². The number of rotatable bonds is 10. The lowest BCUT2D eigenvalue weighted by atomic mass is 9.81. The summed E-state index contributed by atoms with van der Waals surface area (Å²) in [4.78, 5) is 4.84. The molecule has 81 heavy (non-hydrogen) atoms. The predicted molar refractivity (Wildman–Crippen MR) is 348 cm³/mol. The number of hydrogen-bond donors (Lipinski definition) is 0. The quantitative estimate of drug-likeness (QED) is 0.126. The minimum atomic E-state index is -0.174. The largest absolute Gasteiger partial charge is 0.310 e. The molecule has 398 valence electrons. The van der Waals surface area contributed by atoms with E-state index in [0.29, 0.717) is 0 Å². The lowest BCUT2D eigenvalue weighted by Gasteiger charge is -2.29. The summed E-state index contributed by atoms with van der Waals surface area (Å²) in [6.07, 6.45) is 9.20. The summed E-state index contributed by atoms with van der Waals surface area (Å²) < 4.78 is 0. The maximum atomic E-state index is 2.44. The molecule has 0 saturated carbocycles. The maximum absolute atomic E-state index is 2.44. The fourth-order valence-electron chi connectivity index (χ4n) is 13.9. The molecule has 0 amide bonds. The summed E-state index contributed by atoms with van der Waals surface area (Å²) in [7, 11) is 0. The van der Waals surface area contributed by atoms with E-state index in [1.54, 1.807) is 0 Å². The van der Waals surface area contributed by atoms with Gasteiger partial charge in [-0.05, 0) is 237 Å². The second kappa shape index (κ2) is 19.2. The summed E-state index contributed by atoms with van der Waals surface area (Å²) in [5.74, 6) is 0. The van der Waals surface area contributed by atoms with Gasteiger partial charge < -0.3 is 9.80 Å². The van der Waals surface area contributed by atoms with Crippen LogP contribution in [0.25, 0.3) is 57.7 Å². The molecule has 0 aromatic heterocycles. The molecule has 0 unspecified atom stereocenters. The van der Waals surface area contributed by atoms with Crippen molar-refractivity contribution in [1.82, 2.24) is 0 Å². The van der Waals surface area contributed by atoms with Crippen LogP contribution in [0.15, 0.2) is 194 Å². The number of aryl methyl sites for hydroxylation is 6. The van der Waals surface area contributed by atoms with Crippen molar-refractivity contribution >= 4 is 58.4 Å². The van der Waals surface area contributed by atoms with E-state index in [2.05, 4.69) is 311 Å². The normalized spacial score (nSPS) is 14.6. The Bertz CT molecular complexity index is 3970. The molecule has 0 aliphatic heterocycles. The van der Waals surface area contributed by atoms with Crippen LogP contribution in [-0.2, 0) is 16.2 Å². The van der Waals surface area contributed by atoms with Gasteiger partial charge >= 0.3 is 0 Å². The van der Waals surface area contributed by atoms with Crippen molar-refractivity contribution in [2.24, 2.45) is 0 Å². The van der Waals surface area contributed by atoms with Crippen molar-refractivity contribution in [3.63, 3.8) is 0 Å². The molecular weight excluding hydrogens is 977 g/mol. The van der Waals surface area contributed by atoms with E-state index in [4.69, 9.17) is 0 Å². The fourth-order valence-corrected chi connectivity index (χ4v) is 13.9. The van der Waals surface area contributed by atoms with Crippen LogP contribution in [0.3, 0.4) is 0 Å². The highest BCUT2D eigenvalue weighted by Gasteiger charge is 2.39. The fraction of sp³-hybridized carbons (Fsp3) is 0.190. The molecule has 10 aromatic rings. The molecule has 0 heterocycles. The van der Waals surface area contributed by atoms with Gasteiger partial charge in [0, 0.05) is 50.4 Å². The lowest BCUT2D eigenvalue weighted by molar-refractivity contribution is 0.660. The van der Waals surface area contributed by atoms with Gasteiger partial charge in [-0.3, -0.25) is 0 Å². The SMILES string of the molecule is Cc1cccc(N(c2cc(C)cc(C)c2)c2ccc3c(c2)C(C)(C)c2cc(/C=C/c4ccc5c(c4)C(C)(C)c4cc(/C=C/c6ccc7c(c6)C(C)(C)c6cc(N(c8cccc(C)c8)c8cc(C)cc(C)c8)ccc6-7)ccc4-5)ccc2-3)c1. The molecule has 0 radical (unpaired) electrons. The van der Waals surface area contributed by atoms with Gasteiger partial charge in [0.15, 0.2) is 0 Å². The Morgan fingerprint density at radius 2 is 0.481 bits per heavy atom. The lowest BCUT2D eigenvalue weighted by Crippen LogP contribution is -2.17.